The minimum Gasteiger partial charge on any atom is -0.463 e. The van der Waals surface area contributed by atoms with Crippen LogP contribution < -0.4 is 11.1 Å². The Morgan fingerprint density at radius 2 is 1.43 bits per heavy atom. The highest BCUT2D eigenvalue weighted by atomic mass is 16.6. The van der Waals surface area contributed by atoms with Crippen LogP contribution in [0.1, 0.15) is 84.5 Å². The zero-order chi connectivity index (χ0) is 22.8. The fraction of sp³-hybridized carbons (Fsp3) is 0.810. The summed E-state index contributed by atoms with van der Waals surface area (Å²) in [4.78, 5) is 45.6. The summed E-state index contributed by atoms with van der Waals surface area (Å²) in [5.41, 5.74) is 5.03. The first-order valence-corrected chi connectivity index (χ1v) is 10.8. The average Bonchev–Trinajstić information content (AvgIpc) is 2.68. The van der Waals surface area contributed by atoms with E-state index in [1.165, 1.54) is 45.4 Å². The summed E-state index contributed by atoms with van der Waals surface area (Å²) in [6.07, 6.45) is 8.98. The number of nitrogens with one attached hydrogen (secondary N) is 1. The molecule has 0 rings (SSSR count). The SMILES string of the molecule is CCCCCCCCCCCC(=O)OCC(O)COC(=O)[C@H](CC(N)=O)NC(C)=O. The van der Waals surface area contributed by atoms with Gasteiger partial charge in [0.1, 0.15) is 25.4 Å². The molecule has 0 bridgehead atoms. The lowest BCUT2D eigenvalue weighted by Crippen LogP contribution is -2.44. The zero-order valence-electron chi connectivity index (χ0n) is 18.3. The second kappa shape index (κ2) is 17.7. The van der Waals surface area contributed by atoms with Crippen LogP contribution in [0.15, 0.2) is 0 Å². The Labute approximate surface area is 179 Å². The number of carbonyl (C=O) groups excluding carboxylic acids is 4. The molecule has 0 aliphatic heterocycles. The largest absolute Gasteiger partial charge is 0.463 e. The van der Waals surface area contributed by atoms with E-state index in [2.05, 4.69) is 12.2 Å². The molecule has 0 fully saturated rings. The quantitative estimate of drug-likeness (QED) is 0.222. The molecular formula is C21H38N2O7. The maximum absolute atomic E-state index is 11.9. The molecule has 0 aliphatic carbocycles. The van der Waals surface area contributed by atoms with Gasteiger partial charge in [-0.25, -0.2) is 4.79 Å². The average molecular weight is 431 g/mol. The van der Waals surface area contributed by atoms with Crippen LogP contribution in [-0.4, -0.2) is 54.2 Å². The number of aliphatic hydroxyl groups excluding tert-OH is 1. The number of primary amides is 1. The molecule has 0 aromatic heterocycles. The molecule has 0 spiro atoms. The topological polar surface area (TPSA) is 145 Å². The van der Waals surface area contributed by atoms with E-state index in [9.17, 15) is 24.3 Å². The van der Waals surface area contributed by atoms with Crippen LogP contribution in [0.25, 0.3) is 0 Å². The Morgan fingerprint density at radius 3 is 1.97 bits per heavy atom. The number of rotatable bonds is 18. The number of esters is 2. The van der Waals surface area contributed by atoms with Gasteiger partial charge in [-0.3, -0.25) is 14.4 Å². The number of nitrogens with two attached hydrogens (primary N) is 1. The zero-order valence-corrected chi connectivity index (χ0v) is 18.3. The highest BCUT2D eigenvalue weighted by Crippen LogP contribution is 2.10. The number of unbranched alkanes of at least 4 members (excludes halogenated alkanes) is 8. The Bertz CT molecular complexity index is 509. The van der Waals surface area contributed by atoms with E-state index >= 15 is 0 Å². The van der Waals surface area contributed by atoms with Crippen LogP contribution in [0.4, 0.5) is 0 Å². The van der Waals surface area contributed by atoms with Gasteiger partial charge in [-0.05, 0) is 6.42 Å². The maximum atomic E-state index is 11.9. The Balaban J connectivity index is 3.87. The van der Waals surface area contributed by atoms with Crippen LogP contribution in [-0.2, 0) is 28.7 Å². The first kappa shape index (κ1) is 27.8. The van der Waals surface area contributed by atoms with E-state index in [0.29, 0.717) is 0 Å². The molecule has 2 atom stereocenters. The molecule has 0 saturated carbocycles. The number of carbonyl (C=O) groups is 4. The van der Waals surface area contributed by atoms with E-state index < -0.39 is 48.9 Å². The number of hydrogen-bond acceptors (Lipinski definition) is 7. The van der Waals surface area contributed by atoms with E-state index in [1.54, 1.807) is 0 Å². The Morgan fingerprint density at radius 1 is 0.900 bits per heavy atom. The molecule has 0 aliphatic rings. The lowest BCUT2D eigenvalue weighted by atomic mass is 10.1. The highest BCUT2D eigenvalue weighted by molar-refractivity contribution is 5.88. The summed E-state index contributed by atoms with van der Waals surface area (Å²) in [6.45, 7) is 2.65. The van der Waals surface area contributed by atoms with Gasteiger partial charge in [0.2, 0.25) is 11.8 Å². The molecule has 1 unspecified atom stereocenters. The fourth-order valence-electron chi connectivity index (χ4n) is 2.81. The molecule has 0 aromatic rings. The van der Waals surface area contributed by atoms with E-state index in [4.69, 9.17) is 15.2 Å². The van der Waals surface area contributed by atoms with E-state index in [0.717, 1.165) is 19.3 Å². The van der Waals surface area contributed by atoms with Crippen molar-refractivity contribution >= 4 is 23.8 Å². The summed E-state index contributed by atoms with van der Waals surface area (Å²) in [5.74, 6) is -2.61. The van der Waals surface area contributed by atoms with E-state index in [-0.39, 0.29) is 13.0 Å². The van der Waals surface area contributed by atoms with Crippen LogP contribution in [0.2, 0.25) is 0 Å². The number of amides is 2. The minimum atomic E-state index is -1.22. The van der Waals surface area contributed by atoms with Crippen molar-refractivity contribution in [2.45, 2.75) is 96.6 Å². The van der Waals surface area contributed by atoms with Gasteiger partial charge in [-0.15, -0.1) is 0 Å². The van der Waals surface area contributed by atoms with Crippen molar-refractivity contribution in [2.24, 2.45) is 5.73 Å². The lowest BCUT2D eigenvalue weighted by molar-refractivity contribution is -0.155. The molecule has 0 heterocycles. The lowest BCUT2D eigenvalue weighted by Gasteiger charge is -2.17. The molecule has 0 saturated heterocycles. The molecule has 2 amide bonds. The van der Waals surface area contributed by atoms with Crippen LogP contribution in [0.3, 0.4) is 0 Å². The monoisotopic (exact) mass is 430 g/mol. The molecule has 4 N–H and O–H groups in total. The van der Waals surface area contributed by atoms with Crippen LogP contribution in [0.5, 0.6) is 0 Å². The summed E-state index contributed by atoms with van der Waals surface area (Å²) in [7, 11) is 0. The van der Waals surface area contributed by atoms with Gasteiger partial charge in [0, 0.05) is 13.3 Å². The third-order valence-corrected chi connectivity index (χ3v) is 4.41. The van der Waals surface area contributed by atoms with Gasteiger partial charge in [-0.2, -0.15) is 0 Å². The highest BCUT2D eigenvalue weighted by Gasteiger charge is 2.24. The number of ether oxygens (including phenoxy) is 2. The second-order valence-corrected chi connectivity index (χ2v) is 7.47. The Hall–Kier alpha value is -2.16. The summed E-state index contributed by atoms with van der Waals surface area (Å²) >= 11 is 0. The fourth-order valence-corrected chi connectivity index (χ4v) is 2.81. The first-order chi connectivity index (χ1) is 14.3. The van der Waals surface area contributed by atoms with Gasteiger partial charge in [0.25, 0.3) is 0 Å². The van der Waals surface area contributed by atoms with Gasteiger partial charge >= 0.3 is 11.9 Å². The van der Waals surface area contributed by atoms with Gasteiger partial charge in [0.05, 0.1) is 6.42 Å². The van der Waals surface area contributed by atoms with Gasteiger partial charge in [-0.1, -0.05) is 58.3 Å². The molecule has 30 heavy (non-hydrogen) atoms. The van der Waals surface area contributed by atoms with Crippen molar-refractivity contribution < 1.29 is 33.8 Å². The molecule has 0 aromatic carbocycles. The molecule has 0 radical (unpaired) electrons. The third kappa shape index (κ3) is 16.8. The van der Waals surface area contributed by atoms with Crippen molar-refractivity contribution in [2.75, 3.05) is 13.2 Å². The predicted molar refractivity (Wildman–Crippen MR) is 111 cm³/mol. The molecule has 174 valence electrons. The summed E-state index contributed by atoms with van der Waals surface area (Å²) < 4.78 is 9.83. The second-order valence-electron chi connectivity index (χ2n) is 7.47. The molecule has 9 nitrogen and oxygen atoms in total. The maximum Gasteiger partial charge on any atom is 0.329 e. The third-order valence-electron chi connectivity index (χ3n) is 4.41. The standard InChI is InChI=1S/C21H38N2O7/c1-3-4-5-6-7-8-9-10-11-12-20(27)29-14-17(25)15-30-21(28)18(13-19(22)26)23-16(2)24/h17-18,25H,3-15H2,1-2H3,(H2,22,26)(H,23,24)/t17?,18-/m0/s1. The van der Waals surface area contributed by atoms with Crippen molar-refractivity contribution in [1.29, 1.82) is 0 Å². The predicted octanol–water partition coefficient (Wildman–Crippen LogP) is 1.73. The van der Waals surface area contributed by atoms with Crippen molar-refractivity contribution in [3.05, 3.63) is 0 Å². The van der Waals surface area contributed by atoms with Crippen LogP contribution >= 0.6 is 0 Å². The van der Waals surface area contributed by atoms with Crippen LogP contribution in [0, 0.1) is 0 Å². The minimum absolute atomic E-state index is 0.283. The summed E-state index contributed by atoms with van der Waals surface area (Å²) in [6, 6.07) is -1.22. The van der Waals surface area contributed by atoms with Crippen molar-refractivity contribution in [1.82, 2.24) is 5.32 Å². The van der Waals surface area contributed by atoms with Gasteiger partial charge < -0.3 is 25.6 Å². The molecule has 9 heteroatoms. The smallest absolute Gasteiger partial charge is 0.329 e. The summed E-state index contributed by atoms with van der Waals surface area (Å²) in [5, 5.41) is 12.0. The van der Waals surface area contributed by atoms with Crippen molar-refractivity contribution in [3.63, 3.8) is 0 Å². The first-order valence-electron chi connectivity index (χ1n) is 10.8. The van der Waals surface area contributed by atoms with Crippen molar-refractivity contribution in [3.8, 4) is 0 Å². The molecular weight excluding hydrogens is 392 g/mol. The van der Waals surface area contributed by atoms with E-state index in [1.807, 2.05) is 0 Å². The Kier molecular flexibility index (Phi) is 16.4. The number of aliphatic hydroxyl groups is 1. The number of hydrogen-bond donors (Lipinski definition) is 3. The van der Waals surface area contributed by atoms with Gasteiger partial charge in [0.15, 0.2) is 0 Å². The normalized spacial score (nSPS) is 12.6.